The molecule has 1 aromatic rings. The van der Waals surface area contributed by atoms with Crippen LogP contribution in [0.3, 0.4) is 0 Å². The van der Waals surface area contributed by atoms with E-state index in [1.807, 2.05) is 6.26 Å². The first-order valence-corrected chi connectivity index (χ1v) is 6.54. The maximum atomic E-state index is 10.8. The van der Waals surface area contributed by atoms with Crippen molar-refractivity contribution in [3.05, 3.63) is 34.4 Å². The summed E-state index contributed by atoms with van der Waals surface area (Å²) >= 11 is 1.53. The first kappa shape index (κ1) is 13.8. The molecule has 0 aliphatic rings. The van der Waals surface area contributed by atoms with Crippen molar-refractivity contribution in [3.8, 4) is 0 Å². The maximum Gasteiger partial charge on any atom is 0.292 e. The number of nitrogens with zero attached hydrogens (tertiary/aromatic N) is 1. The molecule has 1 aromatic carbocycles. The maximum absolute atomic E-state index is 10.8. The third-order valence-corrected chi connectivity index (χ3v) is 3.13. The standard InChI is InChI=1S/C11H16N2O3S/c1-11(14,8-17-2)7-12-9-5-3-4-6-10(9)13(15)16/h3-6,12,14H,7-8H2,1-2H3. The molecule has 1 unspecified atom stereocenters. The zero-order valence-corrected chi connectivity index (χ0v) is 10.7. The van der Waals surface area contributed by atoms with Gasteiger partial charge in [-0.2, -0.15) is 11.8 Å². The van der Waals surface area contributed by atoms with E-state index in [1.54, 1.807) is 25.1 Å². The Labute approximate surface area is 104 Å². The summed E-state index contributed by atoms with van der Waals surface area (Å²) in [6, 6.07) is 6.40. The first-order chi connectivity index (χ1) is 7.96. The lowest BCUT2D eigenvalue weighted by Crippen LogP contribution is -2.36. The highest BCUT2D eigenvalue weighted by Crippen LogP contribution is 2.24. The van der Waals surface area contributed by atoms with Gasteiger partial charge in [0.2, 0.25) is 0 Å². The van der Waals surface area contributed by atoms with Crippen LogP contribution in [0.5, 0.6) is 0 Å². The average molecular weight is 256 g/mol. The van der Waals surface area contributed by atoms with Crippen LogP contribution in [-0.4, -0.2) is 34.2 Å². The second kappa shape index (κ2) is 5.88. The van der Waals surface area contributed by atoms with Crippen molar-refractivity contribution in [1.29, 1.82) is 0 Å². The minimum absolute atomic E-state index is 0.0208. The summed E-state index contributed by atoms with van der Waals surface area (Å²) in [6.45, 7) is 1.98. The normalized spacial score (nSPS) is 14.1. The zero-order chi connectivity index (χ0) is 12.9. The number of nitrogens with one attached hydrogen (secondary N) is 1. The van der Waals surface area contributed by atoms with Crippen LogP contribution >= 0.6 is 11.8 Å². The van der Waals surface area contributed by atoms with Crippen LogP contribution in [0.2, 0.25) is 0 Å². The van der Waals surface area contributed by atoms with Gasteiger partial charge in [0, 0.05) is 18.4 Å². The molecular weight excluding hydrogens is 240 g/mol. The molecule has 0 aliphatic carbocycles. The van der Waals surface area contributed by atoms with E-state index in [0.717, 1.165) is 0 Å². The van der Waals surface area contributed by atoms with E-state index in [2.05, 4.69) is 5.32 Å². The number of anilines is 1. The number of hydrogen-bond acceptors (Lipinski definition) is 5. The van der Waals surface area contributed by atoms with Gasteiger partial charge in [-0.15, -0.1) is 0 Å². The van der Waals surface area contributed by atoms with Gasteiger partial charge in [0.1, 0.15) is 5.69 Å². The highest BCUT2D eigenvalue weighted by Gasteiger charge is 2.21. The Balaban J connectivity index is 2.72. The molecule has 0 bridgehead atoms. The molecule has 2 N–H and O–H groups in total. The van der Waals surface area contributed by atoms with Crippen LogP contribution in [0, 0.1) is 10.1 Å². The molecule has 6 heteroatoms. The van der Waals surface area contributed by atoms with E-state index in [-0.39, 0.29) is 12.2 Å². The fraction of sp³-hybridized carbons (Fsp3) is 0.455. The molecule has 5 nitrogen and oxygen atoms in total. The van der Waals surface area contributed by atoms with E-state index in [0.29, 0.717) is 11.4 Å². The fourth-order valence-electron chi connectivity index (χ4n) is 1.43. The molecule has 0 spiro atoms. The largest absolute Gasteiger partial charge is 0.387 e. The predicted octanol–water partition coefficient (Wildman–Crippen LogP) is 2.12. The van der Waals surface area contributed by atoms with Crippen LogP contribution in [0.15, 0.2) is 24.3 Å². The van der Waals surface area contributed by atoms with Gasteiger partial charge in [-0.1, -0.05) is 12.1 Å². The number of rotatable bonds is 6. The summed E-state index contributed by atoms with van der Waals surface area (Å²) in [5, 5.41) is 23.6. The first-order valence-electron chi connectivity index (χ1n) is 5.15. The molecule has 17 heavy (non-hydrogen) atoms. The number of para-hydroxylation sites is 2. The molecule has 0 amide bonds. The molecule has 0 aliphatic heterocycles. The van der Waals surface area contributed by atoms with Gasteiger partial charge in [0.15, 0.2) is 0 Å². The van der Waals surface area contributed by atoms with Crippen molar-refractivity contribution in [3.63, 3.8) is 0 Å². The summed E-state index contributed by atoms with van der Waals surface area (Å²) in [6.07, 6.45) is 1.90. The average Bonchev–Trinajstić information content (AvgIpc) is 2.27. The van der Waals surface area contributed by atoms with Gasteiger partial charge in [-0.05, 0) is 19.2 Å². The van der Waals surface area contributed by atoms with E-state index in [4.69, 9.17) is 0 Å². The molecule has 0 heterocycles. The number of nitro groups is 1. The molecule has 0 aromatic heterocycles. The van der Waals surface area contributed by atoms with Crippen molar-refractivity contribution in [1.82, 2.24) is 0 Å². The smallest absolute Gasteiger partial charge is 0.292 e. The number of aliphatic hydroxyl groups is 1. The Morgan fingerprint density at radius 1 is 1.53 bits per heavy atom. The summed E-state index contributed by atoms with van der Waals surface area (Å²) in [7, 11) is 0. The van der Waals surface area contributed by atoms with Gasteiger partial charge in [0.05, 0.1) is 10.5 Å². The minimum Gasteiger partial charge on any atom is -0.387 e. The van der Waals surface area contributed by atoms with Gasteiger partial charge in [-0.25, -0.2) is 0 Å². The van der Waals surface area contributed by atoms with E-state index in [9.17, 15) is 15.2 Å². The molecule has 0 fully saturated rings. The van der Waals surface area contributed by atoms with Crippen LogP contribution in [-0.2, 0) is 0 Å². The summed E-state index contributed by atoms with van der Waals surface area (Å²) in [4.78, 5) is 10.3. The topological polar surface area (TPSA) is 75.4 Å². The van der Waals surface area contributed by atoms with Crippen molar-refractivity contribution >= 4 is 23.1 Å². The van der Waals surface area contributed by atoms with E-state index in [1.165, 1.54) is 17.8 Å². The Morgan fingerprint density at radius 2 is 2.18 bits per heavy atom. The fourth-order valence-corrected chi connectivity index (χ4v) is 2.15. The van der Waals surface area contributed by atoms with Crippen molar-refractivity contribution < 1.29 is 10.0 Å². The molecule has 0 saturated carbocycles. The predicted molar refractivity (Wildman–Crippen MR) is 70.6 cm³/mol. The van der Waals surface area contributed by atoms with Crippen molar-refractivity contribution in [2.45, 2.75) is 12.5 Å². The summed E-state index contributed by atoms with van der Waals surface area (Å²) < 4.78 is 0. The third-order valence-electron chi connectivity index (χ3n) is 2.22. The van der Waals surface area contributed by atoms with Gasteiger partial charge in [0.25, 0.3) is 5.69 Å². The zero-order valence-electron chi connectivity index (χ0n) is 9.84. The minimum atomic E-state index is -0.886. The van der Waals surface area contributed by atoms with E-state index >= 15 is 0 Å². The molecule has 0 saturated heterocycles. The Hall–Kier alpha value is -1.27. The quantitative estimate of drug-likeness (QED) is 0.602. The Kier molecular flexibility index (Phi) is 4.77. The van der Waals surface area contributed by atoms with Crippen molar-refractivity contribution in [2.24, 2.45) is 0 Å². The lowest BCUT2D eigenvalue weighted by atomic mass is 10.1. The summed E-state index contributed by atoms with van der Waals surface area (Å²) in [5.74, 6) is 0.570. The van der Waals surface area contributed by atoms with Gasteiger partial charge < -0.3 is 10.4 Å². The monoisotopic (exact) mass is 256 g/mol. The van der Waals surface area contributed by atoms with Gasteiger partial charge in [-0.3, -0.25) is 10.1 Å². The highest BCUT2D eigenvalue weighted by atomic mass is 32.2. The second-order valence-corrected chi connectivity index (χ2v) is 4.92. The van der Waals surface area contributed by atoms with Crippen LogP contribution in [0.4, 0.5) is 11.4 Å². The molecule has 1 atom stereocenters. The molecular formula is C11H16N2O3S. The molecule has 1 rings (SSSR count). The van der Waals surface area contributed by atoms with E-state index < -0.39 is 10.5 Å². The number of nitro benzene ring substituents is 1. The third kappa shape index (κ3) is 4.24. The molecule has 0 radical (unpaired) electrons. The number of benzene rings is 1. The Bertz CT molecular complexity index is 396. The van der Waals surface area contributed by atoms with Crippen molar-refractivity contribution in [2.75, 3.05) is 23.9 Å². The van der Waals surface area contributed by atoms with Crippen LogP contribution < -0.4 is 5.32 Å². The lowest BCUT2D eigenvalue weighted by molar-refractivity contribution is -0.384. The lowest BCUT2D eigenvalue weighted by Gasteiger charge is -2.23. The van der Waals surface area contributed by atoms with Gasteiger partial charge >= 0.3 is 0 Å². The van der Waals surface area contributed by atoms with Crippen LogP contribution in [0.25, 0.3) is 0 Å². The van der Waals surface area contributed by atoms with Crippen LogP contribution in [0.1, 0.15) is 6.92 Å². The molecule has 94 valence electrons. The number of hydrogen-bond donors (Lipinski definition) is 2. The number of thioether (sulfide) groups is 1. The SMILES string of the molecule is CSCC(C)(O)CNc1ccccc1[N+](=O)[O-]. The Morgan fingerprint density at radius 3 is 2.76 bits per heavy atom. The second-order valence-electron chi connectivity index (χ2n) is 4.06. The highest BCUT2D eigenvalue weighted by molar-refractivity contribution is 7.98. The summed E-state index contributed by atoms with van der Waals surface area (Å²) in [5.41, 5.74) is -0.435.